The number of piperidine rings is 1. The maximum atomic E-state index is 12.7. The first kappa shape index (κ1) is 25.2. The average Bonchev–Trinajstić information content (AvgIpc) is 3.29. The van der Waals surface area contributed by atoms with Crippen LogP contribution in [0.15, 0.2) is 53.2 Å². The number of anilines is 2. The second kappa shape index (κ2) is 11.7. The Morgan fingerprint density at radius 3 is 2.56 bits per heavy atom. The first-order valence-corrected chi connectivity index (χ1v) is 12.4. The summed E-state index contributed by atoms with van der Waals surface area (Å²) in [6.07, 6.45) is 4.67. The summed E-state index contributed by atoms with van der Waals surface area (Å²) in [5, 5.41) is 19.6. The van der Waals surface area contributed by atoms with Crippen LogP contribution in [0.25, 0.3) is 0 Å². The lowest BCUT2D eigenvalue weighted by Gasteiger charge is -2.34. The van der Waals surface area contributed by atoms with Crippen LogP contribution in [0.1, 0.15) is 47.1 Å². The number of hydrogen-bond acceptors (Lipinski definition) is 7. The fourth-order valence-electron chi connectivity index (χ4n) is 4.57. The molecule has 0 spiro atoms. The van der Waals surface area contributed by atoms with Crippen LogP contribution in [0, 0.1) is 12.8 Å². The molecule has 3 N–H and O–H groups in total. The molecule has 9 nitrogen and oxygen atoms in total. The maximum Gasteiger partial charge on any atom is 0.326 e. The van der Waals surface area contributed by atoms with E-state index in [1.54, 1.807) is 13.1 Å². The van der Waals surface area contributed by atoms with Crippen LogP contribution >= 0.6 is 0 Å². The number of aromatic nitrogens is 2. The Balaban J connectivity index is 1.30. The van der Waals surface area contributed by atoms with Crippen molar-refractivity contribution in [3.8, 4) is 0 Å². The Kier molecular flexibility index (Phi) is 8.20. The summed E-state index contributed by atoms with van der Waals surface area (Å²) in [4.78, 5) is 31.3. The molecule has 1 aliphatic heterocycles. The van der Waals surface area contributed by atoms with Crippen LogP contribution in [-0.2, 0) is 17.6 Å². The topological polar surface area (TPSA) is 121 Å². The van der Waals surface area contributed by atoms with Crippen LogP contribution < -0.4 is 15.5 Å². The van der Waals surface area contributed by atoms with Gasteiger partial charge in [0.05, 0.1) is 5.69 Å². The van der Waals surface area contributed by atoms with E-state index in [9.17, 15) is 14.7 Å². The zero-order valence-corrected chi connectivity index (χ0v) is 20.7. The first-order valence-electron chi connectivity index (χ1n) is 12.4. The van der Waals surface area contributed by atoms with Gasteiger partial charge in [-0.3, -0.25) is 4.79 Å². The number of carboxylic acids is 1. The van der Waals surface area contributed by atoms with Gasteiger partial charge in [0, 0.05) is 44.4 Å². The summed E-state index contributed by atoms with van der Waals surface area (Å²) in [7, 11) is 0. The number of amides is 1. The van der Waals surface area contributed by atoms with Gasteiger partial charge in [-0.25, -0.2) is 9.78 Å². The number of carboxylic acid groups (broad SMARTS) is 1. The molecule has 1 fully saturated rings. The highest BCUT2D eigenvalue weighted by Gasteiger charge is 2.26. The third kappa shape index (κ3) is 6.21. The van der Waals surface area contributed by atoms with E-state index in [4.69, 9.17) is 4.52 Å². The predicted molar refractivity (Wildman–Crippen MR) is 137 cm³/mol. The molecule has 1 aliphatic rings. The zero-order chi connectivity index (χ0) is 25.5. The second-order valence-corrected chi connectivity index (χ2v) is 9.18. The number of hydrogen-bond donors (Lipinski definition) is 3. The van der Waals surface area contributed by atoms with Gasteiger partial charge in [-0.2, -0.15) is 0 Å². The van der Waals surface area contributed by atoms with Gasteiger partial charge in [-0.05, 0) is 55.5 Å². The fourth-order valence-corrected chi connectivity index (χ4v) is 4.57. The second-order valence-electron chi connectivity index (χ2n) is 9.18. The minimum atomic E-state index is -1.08. The molecule has 0 bridgehead atoms. The van der Waals surface area contributed by atoms with Crippen LogP contribution in [0.2, 0.25) is 0 Å². The van der Waals surface area contributed by atoms with Gasteiger partial charge in [-0.1, -0.05) is 30.3 Å². The van der Waals surface area contributed by atoms with Gasteiger partial charge in [0.2, 0.25) is 0 Å². The number of carbonyl (C=O) groups excluding carboxylic acids is 1. The van der Waals surface area contributed by atoms with Crippen molar-refractivity contribution in [1.29, 1.82) is 0 Å². The molecule has 1 amide bonds. The molecular weight excluding hydrogens is 458 g/mol. The monoisotopic (exact) mass is 491 g/mol. The number of benzene rings is 1. The Morgan fingerprint density at radius 2 is 1.92 bits per heavy atom. The molecule has 2 aromatic heterocycles. The van der Waals surface area contributed by atoms with E-state index in [2.05, 4.69) is 25.7 Å². The van der Waals surface area contributed by atoms with Crippen LogP contribution in [0.4, 0.5) is 11.5 Å². The lowest BCUT2D eigenvalue weighted by Crippen LogP contribution is -2.42. The van der Waals surface area contributed by atoms with Gasteiger partial charge in [0.25, 0.3) is 5.91 Å². The van der Waals surface area contributed by atoms with Crippen molar-refractivity contribution in [2.75, 3.05) is 29.9 Å². The van der Waals surface area contributed by atoms with Crippen molar-refractivity contribution in [2.24, 2.45) is 5.92 Å². The molecule has 1 atom stereocenters. The van der Waals surface area contributed by atoms with Crippen molar-refractivity contribution in [1.82, 2.24) is 15.5 Å². The highest BCUT2D eigenvalue weighted by molar-refractivity contribution is 5.98. The van der Waals surface area contributed by atoms with Gasteiger partial charge < -0.3 is 25.2 Å². The average molecular weight is 492 g/mol. The molecule has 0 aliphatic carbocycles. The number of carbonyl (C=O) groups is 2. The molecule has 9 heteroatoms. The molecule has 190 valence electrons. The zero-order valence-electron chi connectivity index (χ0n) is 20.7. The summed E-state index contributed by atoms with van der Waals surface area (Å²) in [5.74, 6) is 0.407. The van der Waals surface area contributed by atoms with Crippen LogP contribution in [0.5, 0.6) is 0 Å². The highest BCUT2D eigenvalue weighted by atomic mass is 16.5. The lowest BCUT2D eigenvalue weighted by atomic mass is 9.96. The molecular formula is C27H33N5O4. The third-order valence-electron chi connectivity index (χ3n) is 6.68. The number of nitrogens with one attached hydrogen (secondary N) is 2. The first-order chi connectivity index (χ1) is 17.4. The summed E-state index contributed by atoms with van der Waals surface area (Å²) in [5.41, 5.74) is 2.74. The predicted octanol–water partition coefficient (Wildman–Crippen LogP) is 3.69. The molecule has 0 saturated carbocycles. The number of aryl methyl sites for hydroxylation is 2. The Hall–Kier alpha value is -3.88. The Labute approximate surface area is 210 Å². The van der Waals surface area contributed by atoms with Crippen molar-refractivity contribution in [3.05, 3.63) is 71.2 Å². The Bertz CT molecular complexity index is 1150. The van der Waals surface area contributed by atoms with E-state index in [1.165, 1.54) is 0 Å². The third-order valence-corrected chi connectivity index (χ3v) is 6.68. The molecule has 1 saturated heterocycles. The molecule has 3 aromatic rings. The smallest absolute Gasteiger partial charge is 0.326 e. The molecule has 3 heterocycles. The number of pyridine rings is 1. The Morgan fingerprint density at radius 1 is 1.17 bits per heavy atom. The van der Waals surface area contributed by atoms with Gasteiger partial charge in [-0.15, -0.1) is 0 Å². The minimum absolute atomic E-state index is 0.189. The number of aliphatic carboxylic acids is 1. The molecule has 0 radical (unpaired) electrons. The van der Waals surface area contributed by atoms with E-state index < -0.39 is 17.9 Å². The number of nitrogens with zero attached hydrogens (tertiary/aromatic N) is 3. The van der Waals surface area contributed by atoms with Gasteiger partial charge in [0.15, 0.2) is 0 Å². The van der Waals surface area contributed by atoms with Crippen molar-refractivity contribution in [2.45, 2.75) is 45.6 Å². The van der Waals surface area contributed by atoms with Crippen molar-refractivity contribution >= 4 is 23.4 Å². The van der Waals surface area contributed by atoms with E-state index in [-0.39, 0.29) is 6.42 Å². The standard InChI is InChI=1S/C27H33N5O4/c1-3-23-25(18(2)31-36-23)26(33)30-22(27(34)35)16-19-7-9-21(10-8-19)32-14-11-20(12-15-32)17-29-24-6-4-5-13-28-24/h4-10,13,20,22H,3,11-12,14-17H2,1-2H3,(H,28,29)(H,30,33)(H,34,35)/t22-/m0/s1. The van der Waals surface area contributed by atoms with E-state index in [1.807, 2.05) is 49.4 Å². The van der Waals surface area contributed by atoms with Crippen molar-refractivity contribution < 1.29 is 19.2 Å². The van der Waals surface area contributed by atoms with E-state index in [0.29, 0.717) is 29.4 Å². The summed E-state index contributed by atoms with van der Waals surface area (Å²) >= 11 is 0. The minimum Gasteiger partial charge on any atom is -0.480 e. The van der Waals surface area contributed by atoms with Gasteiger partial charge >= 0.3 is 5.97 Å². The summed E-state index contributed by atoms with van der Waals surface area (Å²) in [6, 6.07) is 12.8. The SMILES string of the molecule is CCc1onc(C)c1C(=O)N[C@@H](Cc1ccc(N2CCC(CNc3ccccn3)CC2)cc1)C(=O)O. The van der Waals surface area contributed by atoms with Gasteiger partial charge in [0.1, 0.15) is 23.2 Å². The molecule has 4 rings (SSSR count). The molecule has 1 aromatic carbocycles. The molecule has 0 unspecified atom stereocenters. The fraction of sp³-hybridized carbons (Fsp3) is 0.407. The van der Waals surface area contributed by atoms with E-state index >= 15 is 0 Å². The maximum absolute atomic E-state index is 12.7. The van der Waals surface area contributed by atoms with E-state index in [0.717, 1.165) is 49.5 Å². The quantitative estimate of drug-likeness (QED) is 0.393. The summed E-state index contributed by atoms with van der Waals surface area (Å²) in [6.45, 7) is 6.39. The summed E-state index contributed by atoms with van der Waals surface area (Å²) < 4.78 is 5.17. The van der Waals surface area contributed by atoms with Crippen molar-refractivity contribution in [3.63, 3.8) is 0 Å². The normalized spacial score (nSPS) is 14.9. The largest absolute Gasteiger partial charge is 0.480 e. The lowest BCUT2D eigenvalue weighted by molar-refractivity contribution is -0.139. The highest BCUT2D eigenvalue weighted by Crippen LogP contribution is 2.24. The van der Waals surface area contributed by atoms with Crippen LogP contribution in [-0.4, -0.2) is 52.8 Å². The van der Waals surface area contributed by atoms with Crippen LogP contribution in [0.3, 0.4) is 0 Å². The molecule has 36 heavy (non-hydrogen) atoms. The number of rotatable bonds is 10.